The molecular weight excluding hydrogens is 447 g/mol. The topological polar surface area (TPSA) is 104 Å². The van der Waals surface area contributed by atoms with Crippen LogP contribution < -0.4 is 16.6 Å². The van der Waals surface area contributed by atoms with Gasteiger partial charge in [-0.2, -0.15) is 13.2 Å². The lowest BCUT2D eigenvalue weighted by atomic mass is 10.1. The van der Waals surface area contributed by atoms with Gasteiger partial charge in [-0.1, -0.05) is 37.1 Å². The summed E-state index contributed by atoms with van der Waals surface area (Å²) in [5.74, 6) is 0.255. The Kier molecular flexibility index (Phi) is 8.27. The van der Waals surface area contributed by atoms with Crippen molar-refractivity contribution in [3.05, 3.63) is 70.3 Å². The molecule has 0 saturated carbocycles. The van der Waals surface area contributed by atoms with Crippen LogP contribution in [0.1, 0.15) is 50.0 Å². The highest BCUT2D eigenvalue weighted by atomic mass is 19.4. The Morgan fingerprint density at radius 3 is 2.50 bits per heavy atom. The molecule has 1 unspecified atom stereocenters. The van der Waals surface area contributed by atoms with Crippen molar-refractivity contribution in [3.8, 4) is 0 Å². The summed E-state index contributed by atoms with van der Waals surface area (Å²) in [6, 6.07) is 10.2. The number of H-pyrrole nitrogens is 1. The van der Waals surface area contributed by atoms with Crippen LogP contribution in [0.5, 0.6) is 0 Å². The highest BCUT2D eigenvalue weighted by Crippen LogP contribution is 2.35. The number of para-hydroxylation sites is 2. The van der Waals surface area contributed by atoms with Gasteiger partial charge in [0.05, 0.1) is 28.2 Å². The summed E-state index contributed by atoms with van der Waals surface area (Å²) >= 11 is 0. The molecule has 1 atom stereocenters. The van der Waals surface area contributed by atoms with Crippen molar-refractivity contribution in [2.45, 2.75) is 44.8 Å². The van der Waals surface area contributed by atoms with E-state index in [-0.39, 0.29) is 23.6 Å². The fourth-order valence-corrected chi connectivity index (χ4v) is 3.73. The van der Waals surface area contributed by atoms with E-state index in [0.717, 1.165) is 25.3 Å². The Bertz CT molecular complexity index is 1180. The van der Waals surface area contributed by atoms with Crippen molar-refractivity contribution in [1.29, 1.82) is 0 Å². The first-order valence-corrected chi connectivity index (χ1v) is 11.1. The van der Waals surface area contributed by atoms with Crippen LogP contribution in [-0.4, -0.2) is 34.0 Å². The molecule has 3 rings (SSSR count). The first-order chi connectivity index (χ1) is 16.2. The molecule has 182 valence electrons. The molecule has 0 bridgehead atoms. The second kappa shape index (κ2) is 11.1. The maximum atomic E-state index is 13.4. The van der Waals surface area contributed by atoms with Gasteiger partial charge in [0.2, 0.25) is 0 Å². The van der Waals surface area contributed by atoms with Crippen molar-refractivity contribution in [2.24, 2.45) is 5.73 Å². The number of aromatic nitrogens is 2. The number of urea groups is 1. The molecule has 4 N–H and O–H groups in total. The normalized spacial score (nSPS) is 12.5. The van der Waals surface area contributed by atoms with E-state index in [2.05, 4.69) is 15.3 Å². The summed E-state index contributed by atoms with van der Waals surface area (Å²) in [6.45, 7) is 2.52. The van der Waals surface area contributed by atoms with Crippen molar-refractivity contribution in [1.82, 2.24) is 14.9 Å². The van der Waals surface area contributed by atoms with Crippen molar-refractivity contribution in [3.63, 3.8) is 0 Å². The number of hydrogen-bond acceptors (Lipinski definition) is 4. The lowest BCUT2D eigenvalue weighted by Crippen LogP contribution is -2.39. The molecule has 0 aliphatic heterocycles. The molecule has 0 saturated heterocycles. The Balaban J connectivity index is 1.89. The number of unbranched alkanes of at least 4 members (excludes halogenated alkanes) is 3. The predicted octanol–water partition coefficient (Wildman–Crippen LogP) is 5.06. The van der Waals surface area contributed by atoms with Crippen LogP contribution in [0.3, 0.4) is 0 Å². The minimum atomic E-state index is -4.62. The zero-order valence-electron chi connectivity index (χ0n) is 18.9. The number of halogens is 3. The molecule has 1 heterocycles. The molecule has 0 fully saturated rings. The Morgan fingerprint density at radius 1 is 1.09 bits per heavy atom. The fraction of sp³-hybridized carbons (Fsp3) is 0.375. The van der Waals surface area contributed by atoms with Crippen LogP contribution >= 0.6 is 0 Å². The van der Waals surface area contributed by atoms with Crippen LogP contribution in [0, 0.1) is 0 Å². The zero-order valence-corrected chi connectivity index (χ0v) is 18.9. The van der Waals surface area contributed by atoms with Crippen LogP contribution in [-0.2, 0) is 6.18 Å². The molecule has 34 heavy (non-hydrogen) atoms. The van der Waals surface area contributed by atoms with Gasteiger partial charge in [0.1, 0.15) is 5.82 Å². The van der Waals surface area contributed by atoms with Gasteiger partial charge < -0.3 is 20.9 Å². The number of carbonyl (C=O) groups excluding carboxylic acids is 1. The maximum absolute atomic E-state index is 13.4. The molecule has 10 heteroatoms. The van der Waals surface area contributed by atoms with Gasteiger partial charge in [-0.3, -0.25) is 4.79 Å². The number of benzene rings is 2. The average molecular weight is 476 g/mol. The van der Waals surface area contributed by atoms with Crippen molar-refractivity contribution in [2.75, 3.05) is 18.4 Å². The number of alkyl halides is 3. The lowest BCUT2D eigenvalue weighted by Gasteiger charge is -2.29. The van der Waals surface area contributed by atoms with E-state index < -0.39 is 23.8 Å². The first kappa shape index (κ1) is 25.2. The van der Waals surface area contributed by atoms with Crippen LogP contribution in [0.15, 0.2) is 53.3 Å². The number of hydrogen-bond donors (Lipinski definition) is 3. The van der Waals surface area contributed by atoms with Crippen molar-refractivity contribution >= 4 is 22.6 Å². The summed E-state index contributed by atoms with van der Waals surface area (Å²) in [5, 5.41) is 2.81. The molecule has 2 amide bonds. The molecule has 3 aromatic rings. The molecule has 0 spiro atoms. The number of nitrogens with one attached hydrogen (secondary N) is 2. The third-order valence-electron chi connectivity index (χ3n) is 5.58. The van der Waals surface area contributed by atoms with E-state index >= 15 is 0 Å². The first-order valence-electron chi connectivity index (χ1n) is 11.1. The van der Waals surface area contributed by atoms with Gasteiger partial charge in [-0.15, -0.1) is 0 Å². The number of nitrogens with two attached hydrogens (primary N) is 1. The van der Waals surface area contributed by atoms with Gasteiger partial charge >= 0.3 is 12.2 Å². The van der Waals surface area contributed by atoms with Crippen molar-refractivity contribution < 1.29 is 18.0 Å². The minimum Gasteiger partial charge on any atom is -0.330 e. The summed E-state index contributed by atoms with van der Waals surface area (Å²) in [6.07, 6.45) is -1.47. The summed E-state index contributed by atoms with van der Waals surface area (Å²) in [4.78, 5) is 34.3. The monoisotopic (exact) mass is 475 g/mol. The second-order valence-corrected chi connectivity index (χ2v) is 8.01. The molecule has 0 aliphatic carbocycles. The van der Waals surface area contributed by atoms with Gasteiger partial charge in [-0.05, 0) is 50.6 Å². The number of aromatic amines is 1. The third kappa shape index (κ3) is 6.13. The molecule has 7 nitrogen and oxygen atoms in total. The Labute approximate surface area is 195 Å². The summed E-state index contributed by atoms with van der Waals surface area (Å²) in [5.41, 5.74) is 4.38. The van der Waals surface area contributed by atoms with Gasteiger partial charge in [-0.25, -0.2) is 9.78 Å². The minimum absolute atomic E-state index is 0.255. The number of nitrogens with zero attached hydrogens (tertiary/aromatic N) is 2. The molecule has 0 aliphatic rings. The van der Waals surface area contributed by atoms with Crippen LogP contribution in [0.25, 0.3) is 10.9 Å². The predicted molar refractivity (Wildman–Crippen MR) is 125 cm³/mol. The zero-order chi connectivity index (χ0) is 24.7. The quantitative estimate of drug-likeness (QED) is 0.377. The van der Waals surface area contributed by atoms with Gasteiger partial charge in [0.25, 0.3) is 5.56 Å². The van der Waals surface area contributed by atoms with Gasteiger partial charge in [0, 0.05) is 6.54 Å². The summed E-state index contributed by atoms with van der Waals surface area (Å²) in [7, 11) is 0. The van der Waals surface area contributed by atoms with E-state index in [1.54, 1.807) is 31.2 Å². The van der Waals surface area contributed by atoms with E-state index in [1.165, 1.54) is 23.1 Å². The van der Waals surface area contributed by atoms with E-state index in [0.29, 0.717) is 23.9 Å². The molecule has 2 aromatic carbocycles. The SMILES string of the molecule is CC(c1nc2ccccc2c(=O)[nH]1)N(CCCCCCN)C(=O)Nc1ccccc1C(F)(F)F. The third-order valence-corrected chi connectivity index (χ3v) is 5.58. The number of rotatable bonds is 9. The van der Waals surface area contributed by atoms with E-state index in [4.69, 9.17) is 5.73 Å². The van der Waals surface area contributed by atoms with E-state index in [9.17, 15) is 22.8 Å². The average Bonchev–Trinajstić information content (AvgIpc) is 2.80. The number of anilines is 1. The van der Waals surface area contributed by atoms with Crippen LogP contribution in [0.2, 0.25) is 0 Å². The Hall–Kier alpha value is -3.40. The number of amides is 2. The number of fused-ring (bicyclic) bond motifs is 1. The van der Waals surface area contributed by atoms with E-state index in [1.807, 2.05) is 0 Å². The standard InChI is InChI=1S/C24H28F3N5O2/c1-16(21-29-19-12-6-4-10-17(19)22(33)31-21)32(15-9-3-2-8-14-28)23(34)30-20-13-7-5-11-18(20)24(25,26)27/h4-7,10-13,16H,2-3,8-9,14-15,28H2,1H3,(H,30,34)(H,29,31,33). The molecule has 1 aromatic heterocycles. The highest BCUT2D eigenvalue weighted by Gasteiger charge is 2.34. The smallest absolute Gasteiger partial charge is 0.330 e. The number of carbonyl (C=O) groups is 1. The summed E-state index contributed by atoms with van der Waals surface area (Å²) < 4.78 is 40.2. The van der Waals surface area contributed by atoms with Gasteiger partial charge in [0.15, 0.2) is 0 Å². The fourth-order valence-electron chi connectivity index (χ4n) is 3.73. The Morgan fingerprint density at radius 2 is 1.76 bits per heavy atom. The maximum Gasteiger partial charge on any atom is 0.418 e. The molecular formula is C24H28F3N5O2. The highest BCUT2D eigenvalue weighted by molar-refractivity contribution is 5.90. The lowest BCUT2D eigenvalue weighted by molar-refractivity contribution is -0.136. The second-order valence-electron chi connectivity index (χ2n) is 8.01. The largest absolute Gasteiger partial charge is 0.418 e. The molecule has 0 radical (unpaired) electrons. The van der Waals surface area contributed by atoms with Crippen LogP contribution in [0.4, 0.5) is 23.7 Å².